The van der Waals surface area contributed by atoms with Crippen LogP contribution >= 0.6 is 11.3 Å². The molecule has 0 saturated heterocycles. The molecule has 132 valence electrons. The molecule has 0 saturated carbocycles. The van der Waals surface area contributed by atoms with E-state index in [-0.39, 0.29) is 0 Å². The Kier molecular flexibility index (Phi) is 5.76. The summed E-state index contributed by atoms with van der Waals surface area (Å²) in [7, 11) is 1.66. The first-order valence-electron chi connectivity index (χ1n) is 8.11. The molecule has 5 nitrogen and oxygen atoms in total. The van der Waals surface area contributed by atoms with E-state index in [1.165, 1.54) is 0 Å². The Morgan fingerprint density at radius 3 is 2.62 bits per heavy atom. The molecule has 0 fully saturated rings. The van der Waals surface area contributed by atoms with Crippen molar-refractivity contribution >= 4 is 17.6 Å². The van der Waals surface area contributed by atoms with Crippen molar-refractivity contribution in [2.45, 2.75) is 6.92 Å². The highest BCUT2D eigenvalue weighted by Gasteiger charge is 2.07. The molecule has 0 aliphatic carbocycles. The molecule has 3 rings (SSSR count). The van der Waals surface area contributed by atoms with E-state index in [4.69, 9.17) is 4.74 Å². The lowest BCUT2D eigenvalue weighted by Gasteiger charge is -2.05. The van der Waals surface area contributed by atoms with Crippen molar-refractivity contribution < 1.29 is 4.74 Å². The minimum absolute atomic E-state index is 0.577. The van der Waals surface area contributed by atoms with Gasteiger partial charge in [0.15, 0.2) is 0 Å². The van der Waals surface area contributed by atoms with Crippen LogP contribution in [0.4, 0.5) is 0 Å². The zero-order valence-electron chi connectivity index (χ0n) is 14.8. The van der Waals surface area contributed by atoms with Gasteiger partial charge >= 0.3 is 0 Å². The maximum atomic E-state index is 5.24. The molecule has 0 bridgehead atoms. The van der Waals surface area contributed by atoms with E-state index in [1.54, 1.807) is 37.1 Å². The Hall–Kier alpha value is -2.99. The molecule has 3 aromatic rings. The highest BCUT2D eigenvalue weighted by atomic mass is 32.1. The number of rotatable bonds is 6. The molecule has 0 amide bonds. The number of aromatic nitrogens is 2. The van der Waals surface area contributed by atoms with Crippen LogP contribution in [0.5, 0.6) is 5.75 Å². The summed E-state index contributed by atoms with van der Waals surface area (Å²) in [5, 5.41) is 6.71. The molecule has 2 heterocycles. The highest BCUT2D eigenvalue weighted by molar-refractivity contribution is 7.07. The first-order valence-corrected chi connectivity index (χ1v) is 8.99. The quantitative estimate of drug-likeness (QED) is 0.491. The Labute approximate surface area is 156 Å². The van der Waals surface area contributed by atoms with Crippen molar-refractivity contribution in [3.8, 4) is 17.0 Å². The van der Waals surface area contributed by atoms with Crippen molar-refractivity contribution in [3.05, 3.63) is 76.7 Å². The molecule has 2 aromatic heterocycles. The number of hydrogen-bond acceptors (Lipinski definition) is 5. The first kappa shape index (κ1) is 17.8. The molecule has 6 heteroatoms. The minimum atomic E-state index is 0.577. The Bertz CT molecular complexity index is 969. The largest absolute Gasteiger partial charge is 0.497 e. The standard InChI is InChI=1S/C20H20N4OS/c1-15(2)12-22-20-24(23-13-16-8-10-21-11-9-16)19(14-26-20)17-4-6-18(25-3)7-5-17/h4-11,13-14H,1,12H2,2-3H3. The molecule has 0 radical (unpaired) electrons. The number of hydrogen-bond donors (Lipinski definition) is 0. The van der Waals surface area contributed by atoms with Gasteiger partial charge in [-0.3, -0.25) is 9.98 Å². The fraction of sp³-hybridized carbons (Fsp3) is 0.150. The van der Waals surface area contributed by atoms with Gasteiger partial charge in [0.05, 0.1) is 25.6 Å². The van der Waals surface area contributed by atoms with Gasteiger partial charge in [-0.25, -0.2) is 4.68 Å². The lowest BCUT2D eigenvalue weighted by Crippen LogP contribution is -2.13. The van der Waals surface area contributed by atoms with Crippen LogP contribution < -0.4 is 9.54 Å². The summed E-state index contributed by atoms with van der Waals surface area (Å²) in [4.78, 5) is 9.48. The number of ether oxygens (including phenoxy) is 1. The fourth-order valence-electron chi connectivity index (χ4n) is 2.26. The lowest BCUT2D eigenvalue weighted by atomic mass is 10.2. The number of methoxy groups -OCH3 is 1. The Balaban J connectivity index is 2.04. The first-order chi connectivity index (χ1) is 12.7. The second kappa shape index (κ2) is 8.40. The van der Waals surface area contributed by atoms with Gasteiger partial charge in [-0.1, -0.05) is 12.2 Å². The molecule has 0 aliphatic rings. The van der Waals surface area contributed by atoms with E-state index >= 15 is 0 Å². The van der Waals surface area contributed by atoms with E-state index in [1.807, 2.05) is 48.0 Å². The topological polar surface area (TPSA) is 51.8 Å². The van der Waals surface area contributed by atoms with Gasteiger partial charge in [0.25, 0.3) is 0 Å². The van der Waals surface area contributed by atoms with E-state index in [9.17, 15) is 0 Å². The molecule has 0 spiro atoms. The van der Waals surface area contributed by atoms with Crippen LogP contribution in [0.25, 0.3) is 11.3 Å². The Morgan fingerprint density at radius 1 is 1.23 bits per heavy atom. The zero-order chi connectivity index (χ0) is 18.4. The van der Waals surface area contributed by atoms with Gasteiger partial charge in [0.2, 0.25) is 4.80 Å². The summed E-state index contributed by atoms with van der Waals surface area (Å²) >= 11 is 1.56. The third-order valence-electron chi connectivity index (χ3n) is 3.58. The lowest BCUT2D eigenvalue weighted by molar-refractivity contribution is 0.415. The summed E-state index contributed by atoms with van der Waals surface area (Å²) < 4.78 is 7.10. The maximum absolute atomic E-state index is 5.24. The number of nitrogens with zero attached hydrogens (tertiary/aromatic N) is 4. The van der Waals surface area contributed by atoms with Crippen LogP contribution in [0.15, 0.2) is 76.4 Å². The third kappa shape index (κ3) is 4.34. The second-order valence-corrected chi connectivity index (χ2v) is 6.58. The van der Waals surface area contributed by atoms with Gasteiger partial charge < -0.3 is 4.74 Å². The molecular formula is C20H20N4OS. The van der Waals surface area contributed by atoms with Crippen LogP contribution in [0.3, 0.4) is 0 Å². The van der Waals surface area contributed by atoms with Gasteiger partial charge in [-0.05, 0) is 48.9 Å². The minimum Gasteiger partial charge on any atom is -0.497 e. The van der Waals surface area contributed by atoms with Gasteiger partial charge in [0.1, 0.15) is 5.75 Å². The van der Waals surface area contributed by atoms with Crippen LogP contribution in [-0.4, -0.2) is 29.5 Å². The summed E-state index contributed by atoms with van der Waals surface area (Å²) in [6.07, 6.45) is 5.30. The SMILES string of the molecule is C=C(C)CN=c1scc(-c2ccc(OC)cc2)n1N=Cc1ccncc1. The molecule has 0 aliphatic heterocycles. The van der Waals surface area contributed by atoms with Crippen LogP contribution in [0, 0.1) is 0 Å². The average molecular weight is 364 g/mol. The monoisotopic (exact) mass is 364 g/mol. The predicted molar refractivity (Wildman–Crippen MR) is 107 cm³/mol. The molecule has 26 heavy (non-hydrogen) atoms. The van der Waals surface area contributed by atoms with Crippen LogP contribution in [0.1, 0.15) is 12.5 Å². The van der Waals surface area contributed by atoms with Crippen LogP contribution in [0.2, 0.25) is 0 Å². The van der Waals surface area contributed by atoms with Crippen molar-refractivity contribution in [1.82, 2.24) is 9.66 Å². The fourth-order valence-corrected chi connectivity index (χ4v) is 3.09. The van der Waals surface area contributed by atoms with Crippen molar-refractivity contribution in [2.75, 3.05) is 13.7 Å². The predicted octanol–water partition coefficient (Wildman–Crippen LogP) is 3.98. The van der Waals surface area contributed by atoms with Gasteiger partial charge in [-0.15, -0.1) is 11.3 Å². The molecule has 0 atom stereocenters. The summed E-state index contributed by atoms with van der Waals surface area (Å²) in [5.41, 5.74) is 4.01. The van der Waals surface area contributed by atoms with E-state index in [0.29, 0.717) is 6.54 Å². The Morgan fingerprint density at radius 2 is 1.96 bits per heavy atom. The zero-order valence-corrected chi connectivity index (χ0v) is 15.6. The van der Waals surface area contributed by atoms with Gasteiger partial charge in [0, 0.05) is 23.3 Å². The van der Waals surface area contributed by atoms with Crippen LogP contribution in [-0.2, 0) is 0 Å². The summed E-state index contributed by atoms with van der Waals surface area (Å²) in [6.45, 7) is 6.46. The van der Waals surface area contributed by atoms with Crippen molar-refractivity contribution in [1.29, 1.82) is 0 Å². The molecular weight excluding hydrogens is 344 g/mol. The molecule has 0 unspecified atom stereocenters. The molecule has 0 N–H and O–H groups in total. The van der Waals surface area contributed by atoms with Gasteiger partial charge in [-0.2, -0.15) is 5.10 Å². The summed E-state index contributed by atoms with van der Waals surface area (Å²) in [5.74, 6) is 0.822. The summed E-state index contributed by atoms with van der Waals surface area (Å²) in [6, 6.07) is 11.7. The maximum Gasteiger partial charge on any atom is 0.206 e. The smallest absolute Gasteiger partial charge is 0.206 e. The number of pyridine rings is 1. The second-order valence-electron chi connectivity index (χ2n) is 5.74. The average Bonchev–Trinajstić information content (AvgIpc) is 3.08. The van der Waals surface area contributed by atoms with E-state index in [0.717, 1.165) is 32.9 Å². The highest BCUT2D eigenvalue weighted by Crippen LogP contribution is 2.23. The number of thiazole rings is 1. The van der Waals surface area contributed by atoms with Crippen molar-refractivity contribution in [3.63, 3.8) is 0 Å². The number of benzene rings is 1. The van der Waals surface area contributed by atoms with Crippen molar-refractivity contribution in [2.24, 2.45) is 10.1 Å². The van der Waals surface area contributed by atoms with E-state index < -0.39 is 0 Å². The van der Waals surface area contributed by atoms with E-state index in [2.05, 4.69) is 27.0 Å². The third-order valence-corrected chi connectivity index (χ3v) is 4.44. The normalized spacial score (nSPS) is 11.8. The molecule has 1 aromatic carbocycles.